The van der Waals surface area contributed by atoms with Crippen LogP contribution in [0.2, 0.25) is 5.02 Å². The van der Waals surface area contributed by atoms with Crippen molar-refractivity contribution in [1.82, 2.24) is 5.32 Å². The molecule has 2 nitrogen and oxygen atoms in total. The minimum absolute atomic E-state index is 0.181. The molecule has 1 unspecified atom stereocenters. The van der Waals surface area contributed by atoms with Gasteiger partial charge in [0.05, 0.1) is 13.2 Å². The third-order valence-electron chi connectivity index (χ3n) is 3.38. The topological polar surface area (TPSA) is 21.3 Å². The van der Waals surface area contributed by atoms with Crippen LogP contribution in [0.1, 0.15) is 22.7 Å². The molecule has 0 bridgehead atoms. The fourth-order valence-corrected chi connectivity index (χ4v) is 2.90. The first-order valence-corrected chi connectivity index (χ1v) is 7.61. The Bertz CT molecular complexity index is 663. The van der Waals surface area contributed by atoms with Gasteiger partial charge < -0.3 is 10.1 Å². The van der Waals surface area contributed by atoms with E-state index >= 15 is 0 Å². The Hall–Kier alpha value is -1.10. The van der Waals surface area contributed by atoms with Crippen LogP contribution in [-0.4, -0.2) is 14.2 Å². The van der Waals surface area contributed by atoms with Gasteiger partial charge in [-0.3, -0.25) is 0 Å². The molecule has 0 saturated heterocycles. The summed E-state index contributed by atoms with van der Waals surface area (Å²) in [6.45, 7) is 1.72. The minimum Gasteiger partial charge on any atom is -0.496 e. The van der Waals surface area contributed by atoms with Gasteiger partial charge >= 0.3 is 0 Å². The Morgan fingerprint density at radius 1 is 1.24 bits per heavy atom. The number of rotatable bonds is 4. The summed E-state index contributed by atoms with van der Waals surface area (Å²) < 4.78 is 20.0. The summed E-state index contributed by atoms with van der Waals surface area (Å²) in [4.78, 5) is 0. The number of benzene rings is 2. The van der Waals surface area contributed by atoms with Crippen LogP contribution in [0.25, 0.3) is 0 Å². The van der Waals surface area contributed by atoms with Crippen molar-refractivity contribution >= 4 is 27.5 Å². The molecule has 0 aliphatic carbocycles. The first-order valence-electron chi connectivity index (χ1n) is 6.44. The Morgan fingerprint density at radius 2 is 1.95 bits per heavy atom. The minimum atomic E-state index is -0.304. The fraction of sp³-hybridized carbons (Fsp3) is 0.250. The van der Waals surface area contributed by atoms with Crippen LogP contribution in [0.15, 0.2) is 34.8 Å². The number of hydrogen-bond acceptors (Lipinski definition) is 2. The molecule has 1 atom stereocenters. The van der Waals surface area contributed by atoms with Crippen molar-refractivity contribution in [2.45, 2.75) is 13.0 Å². The molecular formula is C16H16BrClFNO. The molecule has 0 amide bonds. The van der Waals surface area contributed by atoms with Gasteiger partial charge in [-0.25, -0.2) is 4.39 Å². The van der Waals surface area contributed by atoms with Gasteiger partial charge in [0.2, 0.25) is 0 Å². The zero-order chi connectivity index (χ0) is 15.6. The molecule has 0 spiro atoms. The van der Waals surface area contributed by atoms with E-state index in [9.17, 15) is 4.39 Å². The molecule has 2 rings (SSSR count). The number of halogens is 3. The van der Waals surface area contributed by atoms with Crippen molar-refractivity contribution in [2.75, 3.05) is 14.2 Å². The number of methoxy groups -OCH3 is 1. The van der Waals surface area contributed by atoms with Gasteiger partial charge in [-0.2, -0.15) is 0 Å². The first-order chi connectivity index (χ1) is 9.97. The van der Waals surface area contributed by atoms with Crippen molar-refractivity contribution in [3.63, 3.8) is 0 Å². The lowest BCUT2D eigenvalue weighted by molar-refractivity contribution is 0.405. The van der Waals surface area contributed by atoms with Gasteiger partial charge in [-0.1, -0.05) is 33.6 Å². The maximum atomic E-state index is 13.6. The summed E-state index contributed by atoms with van der Waals surface area (Å²) in [5.74, 6) is 0.433. The van der Waals surface area contributed by atoms with E-state index in [0.717, 1.165) is 21.3 Å². The predicted octanol–water partition coefficient (Wildman–Crippen LogP) is 4.87. The van der Waals surface area contributed by atoms with Gasteiger partial charge in [0.1, 0.15) is 11.6 Å². The number of ether oxygens (including phenoxy) is 1. The van der Waals surface area contributed by atoms with Crippen LogP contribution in [0, 0.1) is 12.7 Å². The molecule has 2 aromatic rings. The molecule has 5 heteroatoms. The third kappa shape index (κ3) is 3.39. The highest BCUT2D eigenvalue weighted by Crippen LogP contribution is 2.35. The van der Waals surface area contributed by atoms with E-state index in [4.69, 9.17) is 16.3 Å². The second kappa shape index (κ2) is 6.77. The van der Waals surface area contributed by atoms with Crippen molar-refractivity contribution < 1.29 is 9.13 Å². The summed E-state index contributed by atoms with van der Waals surface area (Å²) in [6, 6.07) is 8.72. The van der Waals surface area contributed by atoms with Crippen molar-refractivity contribution in [1.29, 1.82) is 0 Å². The molecule has 0 aliphatic rings. The largest absolute Gasteiger partial charge is 0.496 e. The smallest absolute Gasteiger partial charge is 0.127 e. The van der Waals surface area contributed by atoms with Crippen LogP contribution in [0.5, 0.6) is 5.75 Å². The highest BCUT2D eigenvalue weighted by molar-refractivity contribution is 9.10. The Morgan fingerprint density at radius 3 is 2.57 bits per heavy atom. The van der Waals surface area contributed by atoms with Crippen molar-refractivity contribution in [2.24, 2.45) is 0 Å². The van der Waals surface area contributed by atoms with E-state index in [1.807, 2.05) is 25.2 Å². The average molecular weight is 373 g/mol. The molecule has 0 aromatic heterocycles. The summed E-state index contributed by atoms with van der Waals surface area (Å²) >= 11 is 9.65. The SMILES string of the molecule is CNC(c1cc(C)c(F)cc1Cl)c1ccc(Br)cc1OC. The third-order valence-corrected chi connectivity index (χ3v) is 4.20. The maximum absolute atomic E-state index is 13.6. The zero-order valence-corrected chi connectivity index (χ0v) is 14.3. The van der Waals surface area contributed by atoms with Gasteiger partial charge in [-0.15, -0.1) is 0 Å². The maximum Gasteiger partial charge on any atom is 0.127 e. The Labute approximate surface area is 137 Å². The molecule has 21 heavy (non-hydrogen) atoms. The van der Waals surface area contributed by atoms with Crippen LogP contribution < -0.4 is 10.1 Å². The van der Waals surface area contributed by atoms with E-state index in [-0.39, 0.29) is 11.9 Å². The molecule has 2 aromatic carbocycles. The highest BCUT2D eigenvalue weighted by atomic mass is 79.9. The number of hydrogen-bond donors (Lipinski definition) is 1. The Kier molecular flexibility index (Phi) is 5.25. The molecule has 0 aliphatic heterocycles. The lowest BCUT2D eigenvalue weighted by Crippen LogP contribution is -2.19. The summed E-state index contributed by atoms with van der Waals surface area (Å²) in [5, 5.41) is 3.61. The van der Waals surface area contributed by atoms with Gasteiger partial charge in [0.25, 0.3) is 0 Å². The lowest BCUT2D eigenvalue weighted by Gasteiger charge is -2.21. The molecule has 1 N–H and O–H groups in total. The average Bonchev–Trinajstić information content (AvgIpc) is 2.46. The lowest BCUT2D eigenvalue weighted by atomic mass is 9.96. The normalized spacial score (nSPS) is 12.3. The van der Waals surface area contributed by atoms with E-state index in [1.54, 1.807) is 20.1 Å². The van der Waals surface area contributed by atoms with E-state index < -0.39 is 0 Å². The zero-order valence-electron chi connectivity index (χ0n) is 12.0. The van der Waals surface area contributed by atoms with Crippen LogP contribution in [0.4, 0.5) is 4.39 Å². The highest BCUT2D eigenvalue weighted by Gasteiger charge is 2.20. The molecule has 0 fully saturated rings. The van der Waals surface area contributed by atoms with E-state index in [1.165, 1.54) is 6.07 Å². The van der Waals surface area contributed by atoms with Crippen LogP contribution >= 0.6 is 27.5 Å². The standard InChI is InChI=1S/C16H16BrClFNO/c1-9-6-12(13(18)8-14(9)19)16(20-2)11-5-4-10(17)7-15(11)21-3/h4-8,16,20H,1-3H3. The van der Waals surface area contributed by atoms with E-state index in [0.29, 0.717) is 10.6 Å². The summed E-state index contributed by atoms with van der Waals surface area (Å²) in [6.07, 6.45) is 0. The summed E-state index contributed by atoms with van der Waals surface area (Å²) in [5.41, 5.74) is 2.32. The van der Waals surface area contributed by atoms with Gasteiger partial charge in [0, 0.05) is 15.1 Å². The van der Waals surface area contributed by atoms with Gasteiger partial charge in [0.15, 0.2) is 0 Å². The molecule has 0 saturated carbocycles. The fourth-order valence-electron chi connectivity index (χ4n) is 2.30. The number of nitrogens with one attached hydrogen (secondary N) is 1. The van der Waals surface area contributed by atoms with Gasteiger partial charge in [-0.05, 0) is 49.4 Å². The van der Waals surface area contributed by atoms with Crippen LogP contribution in [-0.2, 0) is 0 Å². The second-order valence-electron chi connectivity index (χ2n) is 4.73. The second-order valence-corrected chi connectivity index (χ2v) is 6.05. The van der Waals surface area contributed by atoms with Crippen LogP contribution in [0.3, 0.4) is 0 Å². The molecule has 0 radical (unpaired) electrons. The molecule has 0 heterocycles. The van der Waals surface area contributed by atoms with E-state index in [2.05, 4.69) is 21.2 Å². The quantitative estimate of drug-likeness (QED) is 0.827. The summed E-state index contributed by atoms with van der Waals surface area (Å²) in [7, 11) is 3.46. The molecular weight excluding hydrogens is 357 g/mol. The van der Waals surface area contributed by atoms with Crippen molar-refractivity contribution in [3.8, 4) is 5.75 Å². The first kappa shape index (κ1) is 16.3. The Balaban J connectivity index is 2.57. The number of aryl methyl sites for hydroxylation is 1. The molecule has 112 valence electrons. The van der Waals surface area contributed by atoms with Crippen molar-refractivity contribution in [3.05, 3.63) is 62.3 Å². The predicted molar refractivity (Wildman–Crippen MR) is 87.7 cm³/mol. The monoisotopic (exact) mass is 371 g/mol.